The molecule has 4 heteroatoms. The minimum atomic E-state index is -0.380. The van der Waals surface area contributed by atoms with E-state index in [1.807, 2.05) is 51.1 Å². The molecule has 0 atom stereocenters. The number of carbonyl (C=O) groups excluding carboxylic acids is 1. The molecule has 1 saturated heterocycles. The number of nitrogens with one attached hydrogen (secondary N) is 1. The van der Waals surface area contributed by atoms with Crippen LogP contribution in [0, 0.1) is 32.1 Å². The van der Waals surface area contributed by atoms with Gasteiger partial charge in [-0.25, -0.2) is 0 Å². The molecule has 0 spiro atoms. The molecule has 1 aliphatic rings. The zero-order valence-corrected chi connectivity index (χ0v) is 16.2. The van der Waals surface area contributed by atoms with Crippen molar-refractivity contribution in [2.24, 2.45) is 0 Å². The largest absolute Gasteiger partial charge is 0.372 e. The predicted molar refractivity (Wildman–Crippen MR) is 111 cm³/mol. The van der Waals surface area contributed by atoms with Crippen molar-refractivity contribution < 1.29 is 4.79 Å². The van der Waals surface area contributed by atoms with E-state index in [-0.39, 0.29) is 11.5 Å². The molecule has 138 valence electrons. The zero-order chi connectivity index (χ0) is 19.4. The molecule has 0 saturated carbocycles. The average Bonchev–Trinajstić information content (AvgIpc) is 3.19. The predicted octanol–water partition coefficient (Wildman–Crippen LogP) is 4.76. The molecule has 3 rings (SSSR count). The summed E-state index contributed by atoms with van der Waals surface area (Å²) >= 11 is 0. The smallest absolute Gasteiger partial charge is 0.266 e. The van der Waals surface area contributed by atoms with Crippen LogP contribution in [0.2, 0.25) is 0 Å². The number of amides is 1. The normalized spacial score (nSPS) is 14.1. The highest BCUT2D eigenvalue weighted by molar-refractivity contribution is 6.10. The maximum absolute atomic E-state index is 12.6. The fourth-order valence-corrected chi connectivity index (χ4v) is 3.37. The highest BCUT2D eigenvalue weighted by atomic mass is 16.1. The quantitative estimate of drug-likeness (QED) is 0.633. The van der Waals surface area contributed by atoms with Gasteiger partial charge < -0.3 is 10.2 Å². The Morgan fingerprint density at radius 1 is 1.11 bits per heavy atom. The van der Waals surface area contributed by atoms with Gasteiger partial charge in [-0.2, -0.15) is 5.26 Å². The van der Waals surface area contributed by atoms with Crippen molar-refractivity contribution in [2.45, 2.75) is 33.6 Å². The summed E-state index contributed by atoms with van der Waals surface area (Å²) in [4.78, 5) is 15.0. The number of anilines is 2. The van der Waals surface area contributed by atoms with Gasteiger partial charge in [-0.1, -0.05) is 18.2 Å². The number of benzene rings is 2. The lowest BCUT2D eigenvalue weighted by atomic mass is 10.0. The second-order valence-corrected chi connectivity index (χ2v) is 7.11. The number of hydrogen-bond donors (Lipinski definition) is 1. The average molecular weight is 359 g/mol. The first-order valence-electron chi connectivity index (χ1n) is 9.34. The molecule has 27 heavy (non-hydrogen) atoms. The van der Waals surface area contributed by atoms with Crippen molar-refractivity contribution >= 4 is 23.4 Å². The van der Waals surface area contributed by atoms with Crippen molar-refractivity contribution in [1.29, 1.82) is 5.26 Å². The van der Waals surface area contributed by atoms with E-state index in [2.05, 4.69) is 22.3 Å². The van der Waals surface area contributed by atoms with Crippen LogP contribution in [0.5, 0.6) is 0 Å². The zero-order valence-electron chi connectivity index (χ0n) is 16.2. The minimum absolute atomic E-state index is 0.105. The molecule has 4 nitrogen and oxygen atoms in total. The molecule has 0 aromatic heterocycles. The molecule has 1 amide bonds. The van der Waals surface area contributed by atoms with Crippen molar-refractivity contribution in [1.82, 2.24) is 0 Å². The Morgan fingerprint density at radius 3 is 2.52 bits per heavy atom. The molecule has 0 aliphatic carbocycles. The summed E-state index contributed by atoms with van der Waals surface area (Å²) in [6.45, 7) is 8.16. The highest BCUT2D eigenvalue weighted by Gasteiger charge is 2.14. The van der Waals surface area contributed by atoms with Crippen LogP contribution in [-0.4, -0.2) is 19.0 Å². The molecule has 1 heterocycles. The third-order valence-electron chi connectivity index (χ3n) is 5.24. The lowest BCUT2D eigenvalue weighted by Gasteiger charge is -2.18. The number of carbonyl (C=O) groups is 1. The van der Waals surface area contributed by atoms with Crippen LogP contribution in [0.25, 0.3) is 6.08 Å². The van der Waals surface area contributed by atoms with E-state index in [9.17, 15) is 10.1 Å². The summed E-state index contributed by atoms with van der Waals surface area (Å²) < 4.78 is 0. The van der Waals surface area contributed by atoms with Gasteiger partial charge in [0, 0.05) is 24.5 Å². The topological polar surface area (TPSA) is 56.1 Å². The summed E-state index contributed by atoms with van der Waals surface area (Å²) in [5.41, 5.74) is 6.12. The van der Waals surface area contributed by atoms with Gasteiger partial charge in [0.05, 0.1) is 0 Å². The van der Waals surface area contributed by atoms with E-state index in [0.717, 1.165) is 41.0 Å². The van der Waals surface area contributed by atoms with E-state index < -0.39 is 0 Å². The van der Waals surface area contributed by atoms with Gasteiger partial charge in [0.25, 0.3) is 5.91 Å². The van der Waals surface area contributed by atoms with Crippen LogP contribution >= 0.6 is 0 Å². The number of rotatable bonds is 4. The van der Waals surface area contributed by atoms with Gasteiger partial charge >= 0.3 is 0 Å². The Hall–Kier alpha value is -3.06. The van der Waals surface area contributed by atoms with Gasteiger partial charge in [0.1, 0.15) is 11.6 Å². The van der Waals surface area contributed by atoms with Crippen molar-refractivity contribution in [3.63, 3.8) is 0 Å². The SMILES string of the molecule is Cc1cc(N2CCCC2)ccc1C=C(C#N)C(=O)Nc1cccc(C)c1C. The fraction of sp³-hybridized carbons (Fsp3) is 0.304. The van der Waals surface area contributed by atoms with E-state index >= 15 is 0 Å². The van der Waals surface area contributed by atoms with Crippen LogP contribution in [0.4, 0.5) is 11.4 Å². The summed E-state index contributed by atoms with van der Waals surface area (Å²) in [6.07, 6.45) is 4.14. The van der Waals surface area contributed by atoms with Gasteiger partial charge in [0.15, 0.2) is 0 Å². The van der Waals surface area contributed by atoms with E-state index in [4.69, 9.17) is 0 Å². The number of nitrogens with zero attached hydrogens (tertiary/aromatic N) is 2. The second-order valence-electron chi connectivity index (χ2n) is 7.11. The molecule has 1 N–H and O–H groups in total. The van der Waals surface area contributed by atoms with Gasteiger partial charge in [-0.05, 0) is 80.1 Å². The second kappa shape index (κ2) is 8.09. The molecule has 0 bridgehead atoms. The van der Waals surface area contributed by atoms with Gasteiger partial charge in [-0.3, -0.25) is 4.79 Å². The van der Waals surface area contributed by atoms with Crippen molar-refractivity contribution in [3.8, 4) is 6.07 Å². The van der Waals surface area contributed by atoms with E-state index in [1.54, 1.807) is 6.08 Å². The van der Waals surface area contributed by atoms with Crippen molar-refractivity contribution in [2.75, 3.05) is 23.3 Å². The van der Waals surface area contributed by atoms with Crippen molar-refractivity contribution in [3.05, 3.63) is 64.2 Å². The Balaban J connectivity index is 1.82. The van der Waals surface area contributed by atoms with Gasteiger partial charge in [0.2, 0.25) is 0 Å². The fourth-order valence-electron chi connectivity index (χ4n) is 3.37. The molecular formula is C23H25N3O. The van der Waals surface area contributed by atoms with Crippen LogP contribution < -0.4 is 10.2 Å². The maximum atomic E-state index is 12.6. The molecular weight excluding hydrogens is 334 g/mol. The number of hydrogen-bond acceptors (Lipinski definition) is 3. The monoisotopic (exact) mass is 359 g/mol. The third kappa shape index (κ3) is 4.20. The highest BCUT2D eigenvalue weighted by Crippen LogP contribution is 2.25. The lowest BCUT2D eigenvalue weighted by molar-refractivity contribution is -0.112. The van der Waals surface area contributed by atoms with Crippen LogP contribution in [0.1, 0.15) is 35.1 Å². The Bertz CT molecular complexity index is 931. The molecule has 1 aliphatic heterocycles. The van der Waals surface area contributed by atoms with Crippen LogP contribution in [0.3, 0.4) is 0 Å². The first-order valence-corrected chi connectivity index (χ1v) is 9.34. The molecule has 0 radical (unpaired) electrons. The van der Waals surface area contributed by atoms with Crippen LogP contribution in [0.15, 0.2) is 42.0 Å². The molecule has 2 aromatic carbocycles. The lowest BCUT2D eigenvalue weighted by Crippen LogP contribution is -2.17. The summed E-state index contributed by atoms with van der Waals surface area (Å²) in [6, 6.07) is 14.0. The summed E-state index contributed by atoms with van der Waals surface area (Å²) in [5.74, 6) is -0.380. The van der Waals surface area contributed by atoms with Gasteiger partial charge in [-0.15, -0.1) is 0 Å². The van der Waals surface area contributed by atoms with Crippen LogP contribution in [-0.2, 0) is 4.79 Å². The minimum Gasteiger partial charge on any atom is -0.372 e. The maximum Gasteiger partial charge on any atom is 0.266 e. The Kier molecular flexibility index (Phi) is 5.61. The summed E-state index contributed by atoms with van der Waals surface area (Å²) in [5, 5.41) is 12.4. The number of nitriles is 1. The molecule has 1 fully saturated rings. The molecule has 0 unspecified atom stereocenters. The molecule has 2 aromatic rings. The summed E-state index contributed by atoms with van der Waals surface area (Å²) in [7, 11) is 0. The standard InChI is InChI=1S/C23H25N3O/c1-16-7-6-8-22(18(16)3)25-23(27)20(15-24)14-19-9-10-21(13-17(19)2)26-11-4-5-12-26/h6-10,13-14H,4-5,11-12H2,1-3H3,(H,25,27). The third-order valence-corrected chi connectivity index (χ3v) is 5.24. The van der Waals surface area contributed by atoms with E-state index in [0.29, 0.717) is 0 Å². The number of aryl methyl sites for hydroxylation is 2. The Morgan fingerprint density at radius 2 is 1.85 bits per heavy atom. The first kappa shape index (κ1) is 18.7. The first-order chi connectivity index (χ1) is 13.0. The van der Waals surface area contributed by atoms with E-state index in [1.165, 1.54) is 18.5 Å². The Labute approximate surface area is 161 Å².